The third-order valence-electron chi connectivity index (χ3n) is 3.20. The van der Waals surface area contributed by atoms with Crippen LogP contribution in [0.25, 0.3) is 11.0 Å². The van der Waals surface area contributed by atoms with Gasteiger partial charge in [-0.05, 0) is 48.4 Å². The van der Waals surface area contributed by atoms with Gasteiger partial charge in [0.1, 0.15) is 0 Å². The number of hydrogen-bond donors (Lipinski definition) is 1. The Morgan fingerprint density at radius 2 is 2.31 bits per heavy atom. The van der Waals surface area contributed by atoms with E-state index in [1.54, 1.807) is 6.20 Å². The van der Waals surface area contributed by atoms with Crippen molar-refractivity contribution in [3.05, 3.63) is 22.0 Å². The summed E-state index contributed by atoms with van der Waals surface area (Å²) in [6.07, 6.45) is 5.40. The highest BCUT2D eigenvalue weighted by molar-refractivity contribution is 14.1. The van der Waals surface area contributed by atoms with Gasteiger partial charge in [0.05, 0.1) is 11.8 Å². The van der Waals surface area contributed by atoms with Gasteiger partial charge >= 0.3 is 0 Å². The molecule has 0 atom stereocenters. The standard InChI is InChI=1S/C11H12IN3O/c1-11(16)4-7(5-11)15-6-9(12)8-2-3-13-14-10(8)15/h2-3,6-7,16H,4-5H2,1H3. The van der Waals surface area contributed by atoms with E-state index in [4.69, 9.17) is 0 Å². The summed E-state index contributed by atoms with van der Waals surface area (Å²) in [6, 6.07) is 2.34. The van der Waals surface area contributed by atoms with Crippen molar-refractivity contribution in [2.45, 2.75) is 31.4 Å². The number of aliphatic hydroxyl groups is 1. The molecule has 0 bridgehead atoms. The zero-order valence-electron chi connectivity index (χ0n) is 8.89. The molecule has 0 radical (unpaired) electrons. The molecule has 1 N–H and O–H groups in total. The average Bonchev–Trinajstić information content (AvgIpc) is 2.53. The molecule has 1 fully saturated rings. The minimum Gasteiger partial charge on any atom is -0.390 e. The van der Waals surface area contributed by atoms with Crippen LogP contribution in [0.3, 0.4) is 0 Å². The van der Waals surface area contributed by atoms with Crippen molar-refractivity contribution in [3.63, 3.8) is 0 Å². The molecule has 1 saturated carbocycles. The lowest BCUT2D eigenvalue weighted by Crippen LogP contribution is -2.41. The van der Waals surface area contributed by atoms with Crippen molar-refractivity contribution < 1.29 is 5.11 Å². The molecule has 4 nitrogen and oxygen atoms in total. The van der Waals surface area contributed by atoms with E-state index in [0.29, 0.717) is 6.04 Å². The van der Waals surface area contributed by atoms with E-state index in [0.717, 1.165) is 23.9 Å². The number of fused-ring (bicyclic) bond motifs is 1. The predicted molar refractivity (Wildman–Crippen MR) is 69.1 cm³/mol. The molecular weight excluding hydrogens is 317 g/mol. The van der Waals surface area contributed by atoms with E-state index >= 15 is 0 Å². The molecule has 0 aromatic carbocycles. The molecule has 1 aliphatic carbocycles. The molecule has 3 rings (SSSR count). The van der Waals surface area contributed by atoms with Gasteiger partial charge in [0.2, 0.25) is 0 Å². The Balaban J connectivity index is 2.05. The summed E-state index contributed by atoms with van der Waals surface area (Å²) in [5, 5.41) is 19.0. The van der Waals surface area contributed by atoms with Crippen molar-refractivity contribution in [2.75, 3.05) is 0 Å². The lowest BCUT2D eigenvalue weighted by molar-refractivity contribution is -0.0498. The van der Waals surface area contributed by atoms with Gasteiger partial charge < -0.3 is 9.67 Å². The Hall–Kier alpha value is -0.690. The first-order valence-corrected chi connectivity index (χ1v) is 6.35. The van der Waals surface area contributed by atoms with Gasteiger partial charge in [-0.15, -0.1) is 5.10 Å². The summed E-state index contributed by atoms with van der Waals surface area (Å²) in [4.78, 5) is 0. The van der Waals surface area contributed by atoms with Gasteiger partial charge in [-0.2, -0.15) is 5.10 Å². The molecule has 0 unspecified atom stereocenters. The molecule has 0 spiro atoms. The fraction of sp³-hybridized carbons (Fsp3) is 0.455. The largest absolute Gasteiger partial charge is 0.390 e. The fourth-order valence-corrected chi connectivity index (χ4v) is 3.11. The normalized spacial score (nSPS) is 29.3. The number of halogens is 1. The van der Waals surface area contributed by atoms with E-state index in [1.807, 2.05) is 13.0 Å². The van der Waals surface area contributed by atoms with E-state index in [1.165, 1.54) is 3.57 Å². The molecule has 2 aromatic heterocycles. The molecule has 0 saturated heterocycles. The maximum absolute atomic E-state index is 9.77. The monoisotopic (exact) mass is 329 g/mol. The van der Waals surface area contributed by atoms with Crippen LogP contribution in [0.1, 0.15) is 25.8 Å². The summed E-state index contributed by atoms with van der Waals surface area (Å²) in [5.41, 5.74) is 0.418. The fourth-order valence-electron chi connectivity index (χ4n) is 2.38. The highest BCUT2D eigenvalue weighted by Crippen LogP contribution is 2.42. The number of rotatable bonds is 1. The van der Waals surface area contributed by atoms with Crippen molar-refractivity contribution in [1.82, 2.24) is 14.8 Å². The topological polar surface area (TPSA) is 50.9 Å². The summed E-state index contributed by atoms with van der Waals surface area (Å²) >= 11 is 2.31. The molecule has 16 heavy (non-hydrogen) atoms. The predicted octanol–water partition coefficient (Wildman–Crippen LogP) is 2.12. The second-order valence-corrected chi connectivity index (χ2v) is 5.87. The second-order valence-electron chi connectivity index (χ2n) is 4.71. The van der Waals surface area contributed by atoms with E-state index in [-0.39, 0.29) is 0 Å². The molecule has 2 heterocycles. The Morgan fingerprint density at radius 1 is 1.56 bits per heavy atom. The average molecular weight is 329 g/mol. The molecule has 84 valence electrons. The zero-order valence-corrected chi connectivity index (χ0v) is 11.0. The van der Waals surface area contributed by atoms with Crippen LogP contribution >= 0.6 is 22.6 Å². The van der Waals surface area contributed by atoms with Crippen LogP contribution in [0.5, 0.6) is 0 Å². The highest BCUT2D eigenvalue weighted by atomic mass is 127. The van der Waals surface area contributed by atoms with Gasteiger partial charge in [0.25, 0.3) is 0 Å². The van der Waals surface area contributed by atoms with Crippen LogP contribution in [0.4, 0.5) is 0 Å². The summed E-state index contributed by atoms with van der Waals surface area (Å²) in [6.45, 7) is 1.88. The molecule has 0 amide bonds. The molecular formula is C11H12IN3O. The molecule has 1 aliphatic rings. The third-order valence-corrected chi connectivity index (χ3v) is 4.06. The third kappa shape index (κ3) is 1.53. The first-order chi connectivity index (χ1) is 7.57. The number of hydrogen-bond acceptors (Lipinski definition) is 3. The Labute approximate surface area is 107 Å². The molecule has 2 aromatic rings. The van der Waals surface area contributed by atoms with Gasteiger partial charge in [0.15, 0.2) is 5.65 Å². The minimum atomic E-state index is -0.505. The summed E-state index contributed by atoms with van der Waals surface area (Å²) < 4.78 is 3.33. The van der Waals surface area contributed by atoms with Crippen LogP contribution in [0.2, 0.25) is 0 Å². The lowest BCUT2D eigenvalue weighted by Gasteiger charge is -2.41. The summed E-state index contributed by atoms with van der Waals surface area (Å²) in [7, 11) is 0. The van der Waals surface area contributed by atoms with Gasteiger partial charge in [-0.25, -0.2) is 0 Å². The van der Waals surface area contributed by atoms with Crippen molar-refractivity contribution in [1.29, 1.82) is 0 Å². The summed E-state index contributed by atoms with van der Waals surface area (Å²) in [5.74, 6) is 0. The van der Waals surface area contributed by atoms with Crippen molar-refractivity contribution in [3.8, 4) is 0 Å². The Kier molecular flexibility index (Phi) is 2.22. The lowest BCUT2D eigenvalue weighted by atomic mass is 9.77. The van der Waals surface area contributed by atoms with E-state index < -0.39 is 5.60 Å². The SMILES string of the molecule is CC1(O)CC(n2cc(I)c3ccnnc32)C1. The van der Waals surface area contributed by atoms with Gasteiger partial charge in [-0.3, -0.25) is 0 Å². The van der Waals surface area contributed by atoms with Crippen LogP contribution in [0, 0.1) is 3.57 Å². The molecule has 5 heteroatoms. The Bertz CT molecular complexity index is 541. The van der Waals surface area contributed by atoms with Gasteiger partial charge in [0, 0.05) is 21.2 Å². The van der Waals surface area contributed by atoms with Crippen molar-refractivity contribution >= 4 is 33.6 Å². The van der Waals surface area contributed by atoms with E-state index in [2.05, 4.69) is 43.6 Å². The van der Waals surface area contributed by atoms with Crippen LogP contribution in [0.15, 0.2) is 18.5 Å². The second kappa shape index (κ2) is 3.40. The maximum Gasteiger partial charge on any atom is 0.163 e. The van der Waals surface area contributed by atoms with E-state index in [9.17, 15) is 5.11 Å². The van der Waals surface area contributed by atoms with Crippen LogP contribution < -0.4 is 0 Å². The van der Waals surface area contributed by atoms with Crippen LogP contribution in [-0.4, -0.2) is 25.5 Å². The number of nitrogens with zero attached hydrogens (tertiary/aromatic N) is 3. The quantitative estimate of drug-likeness (QED) is 0.816. The first-order valence-electron chi connectivity index (χ1n) is 5.27. The molecule has 0 aliphatic heterocycles. The van der Waals surface area contributed by atoms with Gasteiger partial charge in [-0.1, -0.05) is 0 Å². The zero-order chi connectivity index (χ0) is 11.3. The smallest absolute Gasteiger partial charge is 0.163 e. The minimum absolute atomic E-state index is 0.359. The Morgan fingerprint density at radius 3 is 3.00 bits per heavy atom. The maximum atomic E-state index is 9.77. The van der Waals surface area contributed by atoms with Crippen LogP contribution in [-0.2, 0) is 0 Å². The number of aromatic nitrogens is 3. The van der Waals surface area contributed by atoms with Crippen molar-refractivity contribution in [2.24, 2.45) is 0 Å². The first kappa shape index (κ1) is 10.5. The highest BCUT2D eigenvalue weighted by Gasteiger charge is 2.40.